The number of amides is 1. The van der Waals surface area contributed by atoms with Gasteiger partial charge in [0.1, 0.15) is 5.82 Å². The molecule has 2 atom stereocenters. The van der Waals surface area contributed by atoms with Gasteiger partial charge in [-0.1, -0.05) is 30.0 Å². The standard InChI is InChI=1S/C26H30FN5O2S/c1-19(25(33)31-15-13-30(14-16-31)22-6-3-2-4-7-22)35-26-29-28-24(20-9-11-21(27)12-10-20)32(26)18-23-8-5-17-34-23/h2-4,6-7,9-12,19,23H,5,8,13-18H2,1H3/t19-,23-/m0/s1. The molecule has 5 rings (SSSR count). The van der Waals surface area contributed by atoms with E-state index in [9.17, 15) is 9.18 Å². The van der Waals surface area contributed by atoms with E-state index in [1.807, 2.05) is 34.6 Å². The number of hydrogen-bond acceptors (Lipinski definition) is 6. The lowest BCUT2D eigenvalue weighted by molar-refractivity contribution is -0.130. The number of anilines is 1. The second-order valence-corrected chi connectivity index (χ2v) is 10.3. The highest BCUT2D eigenvalue weighted by Gasteiger charge is 2.28. The number of hydrogen-bond donors (Lipinski definition) is 0. The number of carbonyl (C=O) groups excluding carboxylic acids is 1. The van der Waals surface area contributed by atoms with E-state index in [1.165, 1.54) is 29.6 Å². The molecule has 2 aromatic carbocycles. The highest BCUT2D eigenvalue weighted by atomic mass is 32.2. The zero-order valence-electron chi connectivity index (χ0n) is 19.8. The number of benzene rings is 2. The van der Waals surface area contributed by atoms with Crippen molar-refractivity contribution in [3.05, 3.63) is 60.4 Å². The van der Waals surface area contributed by atoms with Crippen molar-refractivity contribution in [1.82, 2.24) is 19.7 Å². The average molecular weight is 496 g/mol. The lowest BCUT2D eigenvalue weighted by Gasteiger charge is -2.37. The number of para-hydroxylation sites is 1. The minimum Gasteiger partial charge on any atom is -0.376 e. The van der Waals surface area contributed by atoms with Crippen molar-refractivity contribution in [2.75, 3.05) is 37.7 Å². The molecule has 35 heavy (non-hydrogen) atoms. The molecule has 0 unspecified atom stereocenters. The molecule has 3 heterocycles. The summed E-state index contributed by atoms with van der Waals surface area (Å²) in [4.78, 5) is 17.5. The minimum atomic E-state index is -0.299. The van der Waals surface area contributed by atoms with Crippen LogP contribution < -0.4 is 4.90 Å². The third kappa shape index (κ3) is 5.51. The topological polar surface area (TPSA) is 63.5 Å². The van der Waals surface area contributed by atoms with Crippen LogP contribution in [0.3, 0.4) is 0 Å². The van der Waals surface area contributed by atoms with Crippen molar-refractivity contribution in [2.45, 2.75) is 42.8 Å². The van der Waals surface area contributed by atoms with Crippen molar-refractivity contribution in [3.8, 4) is 11.4 Å². The predicted molar refractivity (Wildman–Crippen MR) is 135 cm³/mol. The molecule has 1 amide bonds. The Hall–Kier alpha value is -2.91. The third-order valence-electron chi connectivity index (χ3n) is 6.57. The maximum absolute atomic E-state index is 13.5. The Morgan fingerprint density at radius 2 is 1.83 bits per heavy atom. The van der Waals surface area contributed by atoms with Crippen molar-refractivity contribution in [3.63, 3.8) is 0 Å². The molecule has 7 nitrogen and oxygen atoms in total. The lowest BCUT2D eigenvalue weighted by Crippen LogP contribution is -2.50. The predicted octanol–water partition coefficient (Wildman–Crippen LogP) is 4.09. The van der Waals surface area contributed by atoms with Gasteiger partial charge in [-0.05, 0) is 56.2 Å². The molecule has 2 aliphatic heterocycles. The molecule has 2 fully saturated rings. The quantitative estimate of drug-likeness (QED) is 0.460. The van der Waals surface area contributed by atoms with Gasteiger partial charge in [0, 0.05) is 44.0 Å². The van der Waals surface area contributed by atoms with Gasteiger partial charge in [0.05, 0.1) is 17.9 Å². The first kappa shape index (κ1) is 23.8. The Balaban J connectivity index is 1.28. The molecule has 0 radical (unpaired) electrons. The SMILES string of the molecule is C[C@H](Sc1nnc(-c2ccc(F)cc2)n1C[C@@H]1CCCO1)C(=O)N1CCN(c2ccccc2)CC1. The van der Waals surface area contributed by atoms with Gasteiger partial charge in [-0.3, -0.25) is 9.36 Å². The summed E-state index contributed by atoms with van der Waals surface area (Å²) >= 11 is 1.43. The Kier molecular flexibility index (Phi) is 7.34. The van der Waals surface area contributed by atoms with Crippen LogP contribution in [0.2, 0.25) is 0 Å². The van der Waals surface area contributed by atoms with Crippen LogP contribution in [-0.4, -0.2) is 69.7 Å². The Bertz CT molecular complexity index is 1130. The van der Waals surface area contributed by atoms with Gasteiger partial charge in [0.25, 0.3) is 0 Å². The van der Waals surface area contributed by atoms with E-state index in [1.54, 1.807) is 12.1 Å². The molecule has 3 aromatic rings. The van der Waals surface area contributed by atoms with E-state index in [2.05, 4.69) is 27.2 Å². The summed E-state index contributed by atoms with van der Waals surface area (Å²) in [5.41, 5.74) is 1.98. The molecule has 2 aliphatic rings. The van der Waals surface area contributed by atoms with Crippen LogP contribution in [0.15, 0.2) is 59.8 Å². The number of piperazine rings is 1. The first-order chi connectivity index (χ1) is 17.1. The Morgan fingerprint density at radius 3 is 2.51 bits per heavy atom. The molecule has 1 aromatic heterocycles. The largest absolute Gasteiger partial charge is 0.376 e. The van der Waals surface area contributed by atoms with Crippen LogP contribution in [0.25, 0.3) is 11.4 Å². The smallest absolute Gasteiger partial charge is 0.236 e. The van der Waals surface area contributed by atoms with E-state index in [-0.39, 0.29) is 23.1 Å². The van der Waals surface area contributed by atoms with Crippen LogP contribution in [-0.2, 0) is 16.1 Å². The molecule has 0 N–H and O–H groups in total. The monoisotopic (exact) mass is 495 g/mol. The molecule has 184 valence electrons. The summed E-state index contributed by atoms with van der Waals surface area (Å²) in [6.07, 6.45) is 2.10. The van der Waals surface area contributed by atoms with Crippen LogP contribution >= 0.6 is 11.8 Å². The van der Waals surface area contributed by atoms with E-state index < -0.39 is 0 Å². The molecular formula is C26H30FN5O2S. The van der Waals surface area contributed by atoms with Gasteiger partial charge in [-0.2, -0.15) is 0 Å². The highest BCUT2D eigenvalue weighted by molar-refractivity contribution is 8.00. The number of ether oxygens (including phenoxy) is 1. The Morgan fingerprint density at radius 1 is 1.09 bits per heavy atom. The van der Waals surface area contributed by atoms with Crippen LogP contribution in [0.5, 0.6) is 0 Å². The van der Waals surface area contributed by atoms with Crippen LogP contribution in [0, 0.1) is 5.82 Å². The van der Waals surface area contributed by atoms with Gasteiger partial charge >= 0.3 is 0 Å². The summed E-state index contributed by atoms with van der Waals surface area (Å²) in [6, 6.07) is 16.6. The number of halogens is 1. The number of carbonyl (C=O) groups is 1. The maximum Gasteiger partial charge on any atom is 0.236 e. The summed E-state index contributed by atoms with van der Waals surface area (Å²) in [5.74, 6) is 0.483. The zero-order chi connectivity index (χ0) is 24.2. The number of aromatic nitrogens is 3. The zero-order valence-corrected chi connectivity index (χ0v) is 20.7. The van der Waals surface area contributed by atoms with E-state index in [0.29, 0.717) is 30.6 Å². The number of rotatable bonds is 7. The van der Waals surface area contributed by atoms with Gasteiger partial charge in [-0.15, -0.1) is 10.2 Å². The fourth-order valence-electron chi connectivity index (χ4n) is 4.63. The second-order valence-electron chi connectivity index (χ2n) is 8.97. The fraction of sp³-hybridized carbons (Fsp3) is 0.423. The molecular weight excluding hydrogens is 465 g/mol. The third-order valence-corrected chi connectivity index (χ3v) is 7.64. The molecule has 0 saturated carbocycles. The second kappa shape index (κ2) is 10.8. The fourth-order valence-corrected chi connectivity index (χ4v) is 5.58. The molecule has 0 aliphatic carbocycles. The van der Waals surface area contributed by atoms with Crippen molar-refractivity contribution < 1.29 is 13.9 Å². The van der Waals surface area contributed by atoms with E-state index in [0.717, 1.165) is 38.1 Å². The van der Waals surface area contributed by atoms with E-state index >= 15 is 0 Å². The van der Waals surface area contributed by atoms with Gasteiger partial charge < -0.3 is 14.5 Å². The molecule has 2 saturated heterocycles. The molecule has 0 spiro atoms. The van der Waals surface area contributed by atoms with Crippen molar-refractivity contribution >= 4 is 23.4 Å². The summed E-state index contributed by atoms with van der Waals surface area (Å²) in [6.45, 7) is 6.32. The summed E-state index contributed by atoms with van der Waals surface area (Å²) in [7, 11) is 0. The van der Waals surface area contributed by atoms with Crippen LogP contribution in [0.1, 0.15) is 19.8 Å². The summed E-state index contributed by atoms with van der Waals surface area (Å²) < 4.78 is 21.4. The molecule has 9 heteroatoms. The minimum absolute atomic E-state index is 0.0848. The molecule has 0 bridgehead atoms. The van der Waals surface area contributed by atoms with Crippen LogP contribution in [0.4, 0.5) is 10.1 Å². The highest BCUT2D eigenvalue weighted by Crippen LogP contribution is 2.30. The van der Waals surface area contributed by atoms with Gasteiger partial charge in [0.15, 0.2) is 11.0 Å². The van der Waals surface area contributed by atoms with Crippen molar-refractivity contribution in [1.29, 1.82) is 0 Å². The number of nitrogens with zero attached hydrogens (tertiary/aromatic N) is 5. The lowest BCUT2D eigenvalue weighted by atomic mass is 10.2. The summed E-state index contributed by atoms with van der Waals surface area (Å²) in [5, 5.41) is 9.22. The van der Waals surface area contributed by atoms with Gasteiger partial charge in [0.2, 0.25) is 5.91 Å². The number of thioether (sulfide) groups is 1. The first-order valence-corrected chi connectivity index (χ1v) is 13.0. The van der Waals surface area contributed by atoms with Gasteiger partial charge in [-0.25, -0.2) is 4.39 Å². The normalized spacial score (nSPS) is 19.2. The Labute approximate surface area is 209 Å². The average Bonchev–Trinajstić information content (AvgIpc) is 3.55. The maximum atomic E-state index is 13.5. The van der Waals surface area contributed by atoms with Crippen molar-refractivity contribution in [2.24, 2.45) is 0 Å². The first-order valence-electron chi connectivity index (χ1n) is 12.1. The van der Waals surface area contributed by atoms with E-state index in [4.69, 9.17) is 4.74 Å².